The Bertz CT molecular complexity index is 1330. The average Bonchev–Trinajstić information content (AvgIpc) is 2.91. The van der Waals surface area contributed by atoms with E-state index in [2.05, 4.69) is 15.3 Å². The Kier molecular flexibility index (Phi) is 7.65. The fourth-order valence-corrected chi connectivity index (χ4v) is 3.77. The molecule has 8 heteroatoms. The summed E-state index contributed by atoms with van der Waals surface area (Å²) in [5, 5.41) is 2.82. The number of aryl methyl sites for hydroxylation is 1. The molecule has 0 saturated heterocycles. The number of carbonyl (C=O) groups is 2. The van der Waals surface area contributed by atoms with Crippen LogP contribution >= 0.6 is 0 Å². The molecule has 0 fully saturated rings. The van der Waals surface area contributed by atoms with Crippen molar-refractivity contribution in [1.29, 1.82) is 0 Å². The number of methoxy groups -OCH3 is 1. The molecule has 4 aromatic rings. The lowest BCUT2D eigenvalue weighted by molar-refractivity contribution is -0.121. The molecule has 0 bridgehead atoms. The van der Waals surface area contributed by atoms with Crippen LogP contribution in [0.5, 0.6) is 5.75 Å². The van der Waals surface area contributed by atoms with E-state index < -0.39 is 23.7 Å². The second kappa shape index (κ2) is 11.2. The van der Waals surface area contributed by atoms with Crippen LogP contribution in [0.15, 0.2) is 91.4 Å². The summed E-state index contributed by atoms with van der Waals surface area (Å²) in [5.74, 6) is -0.709. The van der Waals surface area contributed by atoms with Gasteiger partial charge in [0.25, 0.3) is 11.8 Å². The standard InChI is InChI=1S/C28H25FN4O3/c1-19-6-8-21(9-7-19)26(27(34)32-23-12-10-22(29)11-13-23)33(28(35)25-17-30-14-15-31-25)18-20-4-3-5-24(16-20)36-2/h3-17,26H,18H2,1-2H3,(H,32,34). The highest BCUT2D eigenvalue weighted by molar-refractivity contribution is 6.00. The van der Waals surface area contributed by atoms with Crippen molar-refractivity contribution < 1.29 is 18.7 Å². The lowest BCUT2D eigenvalue weighted by Crippen LogP contribution is -2.41. The molecule has 0 saturated carbocycles. The molecular weight excluding hydrogens is 459 g/mol. The van der Waals surface area contributed by atoms with Crippen molar-refractivity contribution in [3.8, 4) is 5.75 Å². The van der Waals surface area contributed by atoms with Crippen LogP contribution in [0.3, 0.4) is 0 Å². The topological polar surface area (TPSA) is 84.4 Å². The van der Waals surface area contributed by atoms with Crippen LogP contribution in [0.4, 0.5) is 10.1 Å². The van der Waals surface area contributed by atoms with Crippen molar-refractivity contribution in [1.82, 2.24) is 14.9 Å². The first-order valence-electron chi connectivity index (χ1n) is 11.3. The van der Waals surface area contributed by atoms with Crippen LogP contribution in [0.25, 0.3) is 0 Å². The molecule has 1 atom stereocenters. The molecule has 1 heterocycles. The average molecular weight is 485 g/mol. The third-order valence-corrected chi connectivity index (χ3v) is 5.60. The van der Waals surface area contributed by atoms with E-state index in [0.29, 0.717) is 17.0 Å². The van der Waals surface area contributed by atoms with Gasteiger partial charge in [0.2, 0.25) is 0 Å². The van der Waals surface area contributed by atoms with Gasteiger partial charge < -0.3 is 15.0 Å². The summed E-state index contributed by atoms with van der Waals surface area (Å²) < 4.78 is 18.8. The van der Waals surface area contributed by atoms with E-state index in [1.807, 2.05) is 43.3 Å². The molecule has 0 aliphatic heterocycles. The predicted molar refractivity (Wildman–Crippen MR) is 134 cm³/mol. The zero-order chi connectivity index (χ0) is 25.5. The van der Waals surface area contributed by atoms with Crippen LogP contribution in [0, 0.1) is 12.7 Å². The Labute approximate surface area is 208 Å². The molecule has 0 aliphatic rings. The minimum absolute atomic E-state index is 0.0992. The molecule has 4 rings (SSSR count). The smallest absolute Gasteiger partial charge is 0.275 e. The molecule has 3 aromatic carbocycles. The number of hydrogen-bond donors (Lipinski definition) is 1. The maximum atomic E-state index is 13.7. The fraction of sp³-hybridized carbons (Fsp3) is 0.143. The number of hydrogen-bond acceptors (Lipinski definition) is 5. The molecule has 2 amide bonds. The Hall–Kier alpha value is -4.59. The molecule has 36 heavy (non-hydrogen) atoms. The van der Waals surface area contributed by atoms with Gasteiger partial charge >= 0.3 is 0 Å². The number of carbonyl (C=O) groups excluding carboxylic acids is 2. The summed E-state index contributed by atoms with van der Waals surface area (Å²) in [6, 6.07) is 19.1. The van der Waals surface area contributed by atoms with E-state index in [-0.39, 0.29) is 12.2 Å². The number of anilines is 1. The number of nitrogens with zero attached hydrogens (tertiary/aromatic N) is 3. The normalized spacial score (nSPS) is 11.4. The van der Waals surface area contributed by atoms with Crippen molar-refractivity contribution in [2.24, 2.45) is 0 Å². The summed E-state index contributed by atoms with van der Waals surface area (Å²) in [7, 11) is 1.56. The van der Waals surface area contributed by atoms with E-state index in [9.17, 15) is 14.0 Å². The van der Waals surface area contributed by atoms with Gasteiger partial charge in [0, 0.05) is 24.6 Å². The van der Waals surface area contributed by atoms with E-state index in [4.69, 9.17) is 4.74 Å². The largest absolute Gasteiger partial charge is 0.497 e. The SMILES string of the molecule is COc1cccc(CN(C(=O)c2cnccn2)C(C(=O)Nc2ccc(F)cc2)c2ccc(C)cc2)c1. The van der Waals surface area contributed by atoms with E-state index in [0.717, 1.165) is 11.1 Å². The molecular formula is C28H25FN4O3. The van der Waals surface area contributed by atoms with Crippen molar-refractivity contribution in [3.63, 3.8) is 0 Å². The Morgan fingerprint density at radius 1 is 1.03 bits per heavy atom. The van der Waals surface area contributed by atoms with Crippen LogP contribution in [-0.2, 0) is 11.3 Å². The summed E-state index contributed by atoms with van der Waals surface area (Å²) in [5.41, 5.74) is 2.90. The zero-order valence-corrected chi connectivity index (χ0v) is 19.9. The lowest BCUT2D eigenvalue weighted by Gasteiger charge is -2.31. The monoisotopic (exact) mass is 484 g/mol. The Balaban J connectivity index is 1.78. The zero-order valence-electron chi connectivity index (χ0n) is 19.9. The van der Waals surface area contributed by atoms with E-state index in [1.54, 1.807) is 19.2 Å². The molecule has 7 nitrogen and oxygen atoms in total. The summed E-state index contributed by atoms with van der Waals surface area (Å²) in [6.45, 7) is 2.04. The minimum atomic E-state index is -1.02. The Morgan fingerprint density at radius 3 is 2.44 bits per heavy atom. The molecule has 0 radical (unpaired) electrons. The third kappa shape index (κ3) is 5.90. The number of nitrogens with one attached hydrogen (secondary N) is 1. The molecule has 0 aliphatic carbocycles. The van der Waals surface area contributed by atoms with E-state index in [1.165, 1.54) is 47.8 Å². The number of ether oxygens (including phenoxy) is 1. The highest BCUT2D eigenvalue weighted by atomic mass is 19.1. The third-order valence-electron chi connectivity index (χ3n) is 5.60. The molecule has 1 unspecified atom stereocenters. The van der Waals surface area contributed by atoms with Gasteiger partial charge in [-0.05, 0) is 54.4 Å². The van der Waals surface area contributed by atoms with Gasteiger partial charge in [0.1, 0.15) is 23.3 Å². The second-order valence-corrected chi connectivity index (χ2v) is 8.18. The lowest BCUT2D eigenvalue weighted by atomic mass is 10.0. The van der Waals surface area contributed by atoms with Crippen LogP contribution in [0.1, 0.15) is 33.2 Å². The first kappa shape index (κ1) is 24.5. The summed E-state index contributed by atoms with van der Waals surface area (Å²) in [6.07, 6.45) is 4.27. The predicted octanol–water partition coefficient (Wildman–Crippen LogP) is 4.96. The number of aromatic nitrogens is 2. The molecule has 1 N–H and O–H groups in total. The van der Waals surface area contributed by atoms with Crippen molar-refractivity contribution in [2.45, 2.75) is 19.5 Å². The number of amides is 2. The van der Waals surface area contributed by atoms with Gasteiger partial charge in [0.15, 0.2) is 0 Å². The second-order valence-electron chi connectivity index (χ2n) is 8.18. The number of benzene rings is 3. The van der Waals surface area contributed by atoms with Crippen LogP contribution in [0.2, 0.25) is 0 Å². The van der Waals surface area contributed by atoms with Crippen LogP contribution < -0.4 is 10.1 Å². The van der Waals surface area contributed by atoms with Gasteiger partial charge in [-0.3, -0.25) is 14.6 Å². The molecule has 0 spiro atoms. The Morgan fingerprint density at radius 2 is 1.78 bits per heavy atom. The quantitative estimate of drug-likeness (QED) is 0.382. The molecule has 1 aromatic heterocycles. The van der Waals surface area contributed by atoms with Gasteiger partial charge in [0.05, 0.1) is 13.3 Å². The highest BCUT2D eigenvalue weighted by Gasteiger charge is 2.33. The number of halogens is 1. The maximum absolute atomic E-state index is 13.7. The van der Waals surface area contributed by atoms with Crippen molar-refractivity contribution in [2.75, 3.05) is 12.4 Å². The van der Waals surface area contributed by atoms with E-state index >= 15 is 0 Å². The maximum Gasteiger partial charge on any atom is 0.275 e. The first-order valence-corrected chi connectivity index (χ1v) is 11.3. The van der Waals surface area contributed by atoms with Crippen molar-refractivity contribution >= 4 is 17.5 Å². The fourth-order valence-electron chi connectivity index (χ4n) is 3.77. The molecule has 182 valence electrons. The van der Waals surface area contributed by atoms with Gasteiger partial charge in [-0.1, -0.05) is 42.0 Å². The van der Waals surface area contributed by atoms with Crippen LogP contribution in [-0.4, -0.2) is 33.8 Å². The van der Waals surface area contributed by atoms with Gasteiger partial charge in [-0.2, -0.15) is 0 Å². The minimum Gasteiger partial charge on any atom is -0.497 e. The first-order chi connectivity index (χ1) is 17.4. The van der Waals surface area contributed by atoms with Gasteiger partial charge in [-0.15, -0.1) is 0 Å². The highest BCUT2D eigenvalue weighted by Crippen LogP contribution is 2.28. The van der Waals surface area contributed by atoms with Gasteiger partial charge in [-0.25, -0.2) is 9.37 Å². The number of rotatable bonds is 8. The van der Waals surface area contributed by atoms with Crippen molar-refractivity contribution in [3.05, 3.63) is 120 Å². The summed E-state index contributed by atoms with van der Waals surface area (Å²) in [4.78, 5) is 37.1. The summed E-state index contributed by atoms with van der Waals surface area (Å²) >= 11 is 0.